The molecule has 1 aliphatic carbocycles. The molecule has 0 aromatic carbocycles. The van der Waals surface area contributed by atoms with Gasteiger partial charge in [0.2, 0.25) is 5.91 Å². The number of aromatic nitrogens is 2. The number of nitrogens with two attached hydrogens (primary N) is 1. The average molecular weight is 236 g/mol. The first kappa shape index (κ1) is 12.1. The largest absolute Gasteiger partial charge is 0.352 e. The number of hydrogen-bond acceptors (Lipinski definition) is 3. The van der Waals surface area contributed by atoms with E-state index in [0.717, 1.165) is 25.8 Å². The van der Waals surface area contributed by atoms with Gasteiger partial charge in [-0.2, -0.15) is 0 Å². The maximum atomic E-state index is 11.8. The van der Waals surface area contributed by atoms with E-state index in [1.54, 1.807) is 12.5 Å². The highest BCUT2D eigenvalue weighted by Gasteiger charge is 2.34. The molecule has 5 nitrogen and oxygen atoms in total. The second-order valence-corrected chi connectivity index (χ2v) is 5.12. The third-order valence-corrected chi connectivity index (χ3v) is 3.31. The minimum Gasteiger partial charge on any atom is -0.352 e. The zero-order chi connectivity index (χ0) is 12.3. The SMILES string of the molecule is CC(Cn1ccnc1)NC(=O)CC1(N)CCC1. The lowest BCUT2D eigenvalue weighted by Crippen LogP contribution is -2.51. The molecule has 1 saturated carbocycles. The van der Waals surface area contributed by atoms with Crippen LogP contribution in [0.15, 0.2) is 18.7 Å². The molecule has 1 fully saturated rings. The summed E-state index contributed by atoms with van der Waals surface area (Å²) in [6.45, 7) is 2.73. The molecule has 0 saturated heterocycles. The Morgan fingerprint density at radius 2 is 2.41 bits per heavy atom. The van der Waals surface area contributed by atoms with Crippen molar-refractivity contribution in [2.75, 3.05) is 0 Å². The molecule has 0 aliphatic heterocycles. The van der Waals surface area contributed by atoms with Crippen molar-refractivity contribution in [3.05, 3.63) is 18.7 Å². The van der Waals surface area contributed by atoms with Crippen LogP contribution in [0, 0.1) is 0 Å². The average Bonchev–Trinajstić information content (AvgIpc) is 2.67. The van der Waals surface area contributed by atoms with Gasteiger partial charge < -0.3 is 15.6 Å². The first-order valence-corrected chi connectivity index (χ1v) is 6.11. The molecule has 1 atom stereocenters. The van der Waals surface area contributed by atoms with Crippen molar-refractivity contribution in [2.24, 2.45) is 5.73 Å². The van der Waals surface area contributed by atoms with Gasteiger partial charge >= 0.3 is 0 Å². The Morgan fingerprint density at radius 3 is 2.94 bits per heavy atom. The molecule has 17 heavy (non-hydrogen) atoms. The molecule has 1 aromatic heterocycles. The Kier molecular flexibility index (Phi) is 3.47. The first-order valence-electron chi connectivity index (χ1n) is 6.11. The van der Waals surface area contributed by atoms with E-state index < -0.39 is 0 Å². The number of amides is 1. The Labute approximate surface area is 101 Å². The molecule has 0 spiro atoms. The fourth-order valence-corrected chi connectivity index (χ4v) is 2.21. The lowest BCUT2D eigenvalue weighted by molar-refractivity contribution is -0.123. The topological polar surface area (TPSA) is 72.9 Å². The molecular weight excluding hydrogens is 216 g/mol. The van der Waals surface area contributed by atoms with Crippen molar-refractivity contribution in [2.45, 2.75) is 50.7 Å². The number of nitrogens with one attached hydrogen (secondary N) is 1. The van der Waals surface area contributed by atoms with E-state index in [0.29, 0.717) is 6.42 Å². The van der Waals surface area contributed by atoms with Crippen molar-refractivity contribution in [3.63, 3.8) is 0 Å². The van der Waals surface area contributed by atoms with Crippen molar-refractivity contribution in [1.82, 2.24) is 14.9 Å². The highest BCUT2D eigenvalue weighted by molar-refractivity contribution is 5.77. The number of carbonyl (C=O) groups is 1. The highest BCUT2D eigenvalue weighted by atomic mass is 16.1. The van der Waals surface area contributed by atoms with Gasteiger partial charge in [0.25, 0.3) is 0 Å². The molecule has 5 heteroatoms. The van der Waals surface area contributed by atoms with Crippen LogP contribution in [0.25, 0.3) is 0 Å². The first-order chi connectivity index (χ1) is 8.07. The molecule has 1 heterocycles. The number of nitrogens with zero attached hydrogens (tertiary/aromatic N) is 2. The predicted octanol–water partition coefficient (Wildman–Crippen LogP) is 0.659. The zero-order valence-corrected chi connectivity index (χ0v) is 10.2. The molecule has 94 valence electrons. The Morgan fingerprint density at radius 1 is 1.65 bits per heavy atom. The zero-order valence-electron chi connectivity index (χ0n) is 10.2. The van der Waals surface area contributed by atoms with Crippen molar-refractivity contribution in [3.8, 4) is 0 Å². The second kappa shape index (κ2) is 4.87. The van der Waals surface area contributed by atoms with Crippen LogP contribution in [0.4, 0.5) is 0 Å². The van der Waals surface area contributed by atoms with Gasteiger partial charge in [-0.05, 0) is 26.2 Å². The number of carbonyl (C=O) groups excluding carboxylic acids is 1. The summed E-state index contributed by atoms with van der Waals surface area (Å²) in [6, 6.07) is 0.0976. The van der Waals surface area contributed by atoms with Crippen molar-refractivity contribution in [1.29, 1.82) is 0 Å². The van der Waals surface area contributed by atoms with E-state index in [1.165, 1.54) is 0 Å². The third-order valence-electron chi connectivity index (χ3n) is 3.31. The number of hydrogen-bond donors (Lipinski definition) is 2. The molecule has 2 rings (SSSR count). The lowest BCUT2D eigenvalue weighted by atomic mass is 9.75. The fourth-order valence-electron chi connectivity index (χ4n) is 2.21. The lowest BCUT2D eigenvalue weighted by Gasteiger charge is -2.37. The maximum Gasteiger partial charge on any atom is 0.222 e. The summed E-state index contributed by atoms with van der Waals surface area (Å²) in [5, 5.41) is 2.97. The Balaban J connectivity index is 1.74. The molecule has 1 aromatic rings. The summed E-state index contributed by atoms with van der Waals surface area (Å²) in [5.41, 5.74) is 5.80. The van der Waals surface area contributed by atoms with Gasteiger partial charge in [0.15, 0.2) is 0 Å². The van der Waals surface area contributed by atoms with E-state index in [2.05, 4.69) is 10.3 Å². The molecule has 1 amide bonds. The van der Waals surface area contributed by atoms with E-state index in [4.69, 9.17) is 5.73 Å². The van der Waals surface area contributed by atoms with Gasteiger partial charge in [0.1, 0.15) is 0 Å². The van der Waals surface area contributed by atoms with E-state index in [-0.39, 0.29) is 17.5 Å². The summed E-state index contributed by atoms with van der Waals surface area (Å²) in [5.74, 6) is 0.0554. The van der Waals surface area contributed by atoms with Crippen LogP contribution < -0.4 is 11.1 Å². The quantitative estimate of drug-likeness (QED) is 0.788. The summed E-state index contributed by atoms with van der Waals surface area (Å²) in [7, 11) is 0. The van der Waals surface area contributed by atoms with Gasteiger partial charge in [0.05, 0.1) is 6.33 Å². The van der Waals surface area contributed by atoms with Crippen molar-refractivity contribution < 1.29 is 4.79 Å². The van der Waals surface area contributed by atoms with Gasteiger partial charge in [-0.3, -0.25) is 4.79 Å². The Hall–Kier alpha value is -1.36. The smallest absolute Gasteiger partial charge is 0.222 e. The molecule has 1 unspecified atom stereocenters. The number of imidazole rings is 1. The van der Waals surface area contributed by atoms with Gasteiger partial charge in [0, 0.05) is 36.9 Å². The van der Waals surface area contributed by atoms with Gasteiger partial charge in [-0.25, -0.2) is 4.98 Å². The maximum absolute atomic E-state index is 11.8. The van der Waals surface area contributed by atoms with Gasteiger partial charge in [-0.1, -0.05) is 0 Å². The van der Waals surface area contributed by atoms with E-state index in [1.807, 2.05) is 17.7 Å². The summed E-state index contributed by atoms with van der Waals surface area (Å²) in [6.07, 6.45) is 8.90. The molecular formula is C12H20N4O. The molecule has 0 radical (unpaired) electrons. The second-order valence-electron chi connectivity index (χ2n) is 5.12. The van der Waals surface area contributed by atoms with Crippen LogP contribution in [-0.4, -0.2) is 27.0 Å². The summed E-state index contributed by atoms with van der Waals surface area (Å²) < 4.78 is 1.95. The normalized spacial score (nSPS) is 19.4. The minimum absolute atomic E-state index is 0.0554. The summed E-state index contributed by atoms with van der Waals surface area (Å²) >= 11 is 0. The van der Waals surface area contributed by atoms with Crippen LogP contribution in [0.1, 0.15) is 32.6 Å². The molecule has 1 aliphatic rings. The fraction of sp³-hybridized carbons (Fsp3) is 0.667. The predicted molar refractivity (Wildman–Crippen MR) is 65.2 cm³/mol. The minimum atomic E-state index is -0.237. The van der Waals surface area contributed by atoms with Crippen LogP contribution >= 0.6 is 0 Å². The highest BCUT2D eigenvalue weighted by Crippen LogP contribution is 2.31. The molecule has 3 N–H and O–H groups in total. The standard InChI is InChI=1S/C12H20N4O/c1-10(8-16-6-5-14-9-16)15-11(17)7-12(13)3-2-4-12/h5-6,9-10H,2-4,7-8,13H2,1H3,(H,15,17). The monoisotopic (exact) mass is 236 g/mol. The molecule has 0 bridgehead atoms. The van der Waals surface area contributed by atoms with Crippen LogP contribution in [0.2, 0.25) is 0 Å². The van der Waals surface area contributed by atoms with Crippen LogP contribution in [0.5, 0.6) is 0 Å². The Bertz CT molecular complexity index is 370. The van der Waals surface area contributed by atoms with E-state index in [9.17, 15) is 4.79 Å². The van der Waals surface area contributed by atoms with Crippen LogP contribution in [-0.2, 0) is 11.3 Å². The summed E-state index contributed by atoms with van der Waals surface area (Å²) in [4.78, 5) is 15.7. The number of rotatable bonds is 5. The third kappa shape index (κ3) is 3.30. The van der Waals surface area contributed by atoms with Crippen molar-refractivity contribution >= 4 is 5.91 Å². The van der Waals surface area contributed by atoms with Crippen LogP contribution in [0.3, 0.4) is 0 Å². The van der Waals surface area contributed by atoms with E-state index >= 15 is 0 Å². The van der Waals surface area contributed by atoms with Gasteiger partial charge in [-0.15, -0.1) is 0 Å².